The van der Waals surface area contributed by atoms with E-state index in [-0.39, 0.29) is 0 Å². The topological polar surface area (TPSA) is 46.0 Å². The zero-order valence-corrected chi connectivity index (χ0v) is 18.9. The van der Waals surface area contributed by atoms with Crippen molar-refractivity contribution in [2.75, 3.05) is 0 Å². The lowest BCUT2D eigenvalue weighted by Crippen LogP contribution is -2.04. The highest BCUT2D eigenvalue weighted by molar-refractivity contribution is 7.19. The molecule has 4 nitrogen and oxygen atoms in total. The van der Waals surface area contributed by atoms with Crippen molar-refractivity contribution in [3.8, 4) is 11.3 Å². The maximum atomic E-state index is 4.43. The maximum absolute atomic E-state index is 4.43. The Morgan fingerprint density at radius 3 is 2.55 bits per heavy atom. The number of hydrogen-bond acceptors (Lipinski definition) is 3. The fraction of sp³-hybridized carbons (Fsp3) is 0.500. The van der Waals surface area contributed by atoms with E-state index in [1.165, 1.54) is 75.8 Å². The van der Waals surface area contributed by atoms with Crippen LogP contribution in [0.1, 0.15) is 84.9 Å². The molecular weight excluding hydrogens is 376 g/mol. The molecule has 0 saturated heterocycles. The third-order valence-electron chi connectivity index (χ3n) is 6.91. The highest BCUT2D eigenvalue weighted by Crippen LogP contribution is 2.47. The van der Waals surface area contributed by atoms with Crippen molar-refractivity contribution >= 4 is 27.2 Å². The summed E-state index contributed by atoms with van der Waals surface area (Å²) in [7, 11) is 0. The summed E-state index contributed by atoms with van der Waals surface area (Å²) in [5, 5.41) is 5.88. The minimum Gasteiger partial charge on any atom is -0.346 e. The molecule has 1 N–H and O–H groups in total. The van der Waals surface area contributed by atoms with Crippen molar-refractivity contribution < 1.29 is 0 Å². The Labute approximate surface area is 176 Å². The Morgan fingerprint density at radius 2 is 1.83 bits per heavy atom. The average Bonchev–Trinajstić information content (AvgIpc) is 3.40. The van der Waals surface area contributed by atoms with Crippen LogP contribution in [-0.2, 0) is 0 Å². The fourth-order valence-corrected chi connectivity index (χ4v) is 6.64. The molecule has 4 aromatic heterocycles. The van der Waals surface area contributed by atoms with Gasteiger partial charge in [0.2, 0.25) is 0 Å². The van der Waals surface area contributed by atoms with E-state index in [4.69, 9.17) is 0 Å². The smallest absolute Gasteiger partial charge is 0.158 e. The Balaban J connectivity index is 1.73. The Bertz CT molecular complexity index is 1200. The number of aryl methyl sites for hydroxylation is 2. The van der Waals surface area contributed by atoms with E-state index >= 15 is 0 Å². The highest BCUT2D eigenvalue weighted by Gasteiger charge is 2.26. The van der Waals surface area contributed by atoms with Gasteiger partial charge in [0, 0.05) is 22.0 Å². The summed E-state index contributed by atoms with van der Waals surface area (Å²) in [6.45, 7) is 11.3. The monoisotopic (exact) mass is 406 g/mol. The lowest BCUT2D eigenvalue weighted by atomic mass is 9.86. The first kappa shape index (κ1) is 18.9. The Kier molecular flexibility index (Phi) is 4.54. The number of fused-ring (bicyclic) bond motifs is 2. The standard InChI is InChI=1S/C24H30N4S/c1-13(2)19-20-16(5)22(17-9-7-6-8-10-17)29-24(20)27-21(19)18-11-28-23(25-12-26-28)15(4)14(18)3/h11-13,17,27H,6-10H2,1-5H3. The van der Waals surface area contributed by atoms with Gasteiger partial charge in [-0.1, -0.05) is 33.1 Å². The van der Waals surface area contributed by atoms with Crippen LogP contribution < -0.4 is 0 Å². The van der Waals surface area contributed by atoms with Crippen molar-refractivity contribution in [3.05, 3.63) is 39.7 Å². The molecule has 1 fully saturated rings. The summed E-state index contributed by atoms with van der Waals surface area (Å²) in [4.78, 5) is 11.2. The minimum atomic E-state index is 0.456. The molecule has 0 bridgehead atoms. The van der Waals surface area contributed by atoms with E-state index in [0.29, 0.717) is 5.92 Å². The van der Waals surface area contributed by atoms with Crippen LogP contribution in [0.15, 0.2) is 12.5 Å². The third-order valence-corrected chi connectivity index (χ3v) is 8.28. The number of aromatic nitrogens is 4. The van der Waals surface area contributed by atoms with E-state index < -0.39 is 0 Å². The second-order valence-corrected chi connectivity index (χ2v) is 10.1. The molecule has 29 heavy (non-hydrogen) atoms. The lowest BCUT2D eigenvalue weighted by Gasteiger charge is -2.21. The first-order chi connectivity index (χ1) is 14.0. The van der Waals surface area contributed by atoms with Gasteiger partial charge in [0.15, 0.2) is 5.65 Å². The number of nitrogens with zero attached hydrogens (tertiary/aromatic N) is 3. The molecule has 1 aliphatic rings. The Hall–Kier alpha value is -2.14. The van der Waals surface area contributed by atoms with Gasteiger partial charge < -0.3 is 4.98 Å². The number of rotatable bonds is 3. The normalized spacial score (nSPS) is 15.9. The largest absolute Gasteiger partial charge is 0.346 e. The van der Waals surface area contributed by atoms with Gasteiger partial charge in [-0.05, 0) is 67.7 Å². The molecule has 5 rings (SSSR count). The molecular formula is C24H30N4S. The third kappa shape index (κ3) is 2.85. The molecule has 0 atom stereocenters. The van der Waals surface area contributed by atoms with Gasteiger partial charge in [0.1, 0.15) is 11.2 Å². The van der Waals surface area contributed by atoms with Gasteiger partial charge in [-0.2, -0.15) is 5.10 Å². The van der Waals surface area contributed by atoms with Gasteiger partial charge in [0.05, 0.1) is 5.69 Å². The predicted molar refractivity (Wildman–Crippen MR) is 122 cm³/mol. The molecule has 4 aromatic rings. The fourth-order valence-electron chi connectivity index (χ4n) is 5.25. The molecule has 0 radical (unpaired) electrons. The van der Waals surface area contributed by atoms with Gasteiger partial charge >= 0.3 is 0 Å². The average molecular weight is 407 g/mol. The number of pyridine rings is 1. The first-order valence-corrected chi connectivity index (χ1v) is 11.7. The zero-order chi connectivity index (χ0) is 20.3. The van der Waals surface area contributed by atoms with Crippen molar-refractivity contribution in [2.45, 2.75) is 78.6 Å². The summed E-state index contributed by atoms with van der Waals surface area (Å²) >= 11 is 2.00. The predicted octanol–water partition coefficient (Wildman–Crippen LogP) is 7.04. The van der Waals surface area contributed by atoms with Crippen LogP contribution in [0.2, 0.25) is 0 Å². The summed E-state index contributed by atoms with van der Waals surface area (Å²) < 4.78 is 1.91. The highest BCUT2D eigenvalue weighted by atomic mass is 32.1. The van der Waals surface area contributed by atoms with Crippen LogP contribution in [0, 0.1) is 20.8 Å². The summed E-state index contributed by atoms with van der Waals surface area (Å²) in [5.41, 5.74) is 8.90. The van der Waals surface area contributed by atoms with Crippen LogP contribution in [0.25, 0.3) is 27.1 Å². The van der Waals surface area contributed by atoms with Crippen LogP contribution in [-0.4, -0.2) is 19.6 Å². The lowest BCUT2D eigenvalue weighted by molar-refractivity contribution is 0.447. The molecule has 4 heterocycles. The van der Waals surface area contributed by atoms with E-state index in [2.05, 4.69) is 55.9 Å². The van der Waals surface area contributed by atoms with E-state index in [1.54, 1.807) is 11.2 Å². The van der Waals surface area contributed by atoms with Crippen molar-refractivity contribution in [3.63, 3.8) is 0 Å². The van der Waals surface area contributed by atoms with E-state index in [9.17, 15) is 0 Å². The molecule has 5 heteroatoms. The van der Waals surface area contributed by atoms with E-state index in [0.717, 1.165) is 11.6 Å². The van der Waals surface area contributed by atoms with Crippen molar-refractivity contribution in [1.29, 1.82) is 0 Å². The number of hydrogen-bond donors (Lipinski definition) is 1. The van der Waals surface area contributed by atoms with Crippen molar-refractivity contribution in [1.82, 2.24) is 19.6 Å². The maximum Gasteiger partial charge on any atom is 0.158 e. The minimum absolute atomic E-state index is 0.456. The molecule has 0 aromatic carbocycles. The number of H-pyrrole nitrogens is 1. The molecule has 1 saturated carbocycles. The van der Waals surface area contributed by atoms with Crippen LogP contribution in [0.3, 0.4) is 0 Å². The first-order valence-electron chi connectivity index (χ1n) is 10.9. The quantitative estimate of drug-likeness (QED) is 0.397. The molecule has 1 aliphatic carbocycles. The summed E-state index contributed by atoms with van der Waals surface area (Å²) in [6.07, 6.45) is 10.7. The van der Waals surface area contributed by atoms with Gasteiger partial charge in [-0.25, -0.2) is 9.50 Å². The summed E-state index contributed by atoms with van der Waals surface area (Å²) in [6, 6.07) is 0. The van der Waals surface area contributed by atoms with Crippen LogP contribution >= 0.6 is 11.3 Å². The number of nitrogens with one attached hydrogen (secondary N) is 1. The second kappa shape index (κ2) is 6.98. The molecule has 152 valence electrons. The SMILES string of the molecule is Cc1c(-c2[nH]c3sc(C4CCCCC4)c(C)c3c2C(C)C)cn2ncnc2c1C. The molecule has 0 aliphatic heterocycles. The van der Waals surface area contributed by atoms with Gasteiger partial charge in [-0.15, -0.1) is 11.3 Å². The van der Waals surface area contributed by atoms with Crippen LogP contribution in [0.5, 0.6) is 0 Å². The second-order valence-electron chi connectivity index (χ2n) is 9.02. The number of aromatic amines is 1. The zero-order valence-electron chi connectivity index (χ0n) is 18.1. The van der Waals surface area contributed by atoms with Gasteiger partial charge in [0.25, 0.3) is 0 Å². The molecule has 0 spiro atoms. The summed E-state index contributed by atoms with van der Waals surface area (Å²) in [5.74, 6) is 1.21. The van der Waals surface area contributed by atoms with E-state index in [1.807, 2.05) is 15.9 Å². The number of thiophene rings is 1. The Morgan fingerprint density at radius 1 is 1.07 bits per heavy atom. The van der Waals surface area contributed by atoms with Gasteiger partial charge in [-0.3, -0.25) is 0 Å². The molecule has 0 amide bonds. The van der Waals surface area contributed by atoms with Crippen LogP contribution in [0.4, 0.5) is 0 Å². The van der Waals surface area contributed by atoms with Crippen molar-refractivity contribution in [2.24, 2.45) is 0 Å². The molecule has 0 unspecified atom stereocenters.